The Kier molecular flexibility index (Phi) is 11.2. The molecule has 5 atom stereocenters. The van der Waals surface area contributed by atoms with Crippen molar-refractivity contribution in [2.75, 3.05) is 6.61 Å². The van der Waals surface area contributed by atoms with Crippen molar-refractivity contribution in [3.05, 3.63) is 23.8 Å². The van der Waals surface area contributed by atoms with E-state index in [2.05, 4.69) is 0 Å². The van der Waals surface area contributed by atoms with Crippen molar-refractivity contribution in [1.29, 1.82) is 0 Å². The zero-order chi connectivity index (χ0) is 29.3. The molecule has 0 unspecified atom stereocenters. The molecule has 0 bridgehead atoms. The van der Waals surface area contributed by atoms with Crippen molar-refractivity contribution < 1.29 is 66.7 Å². The van der Waals surface area contributed by atoms with E-state index in [-0.39, 0.29) is 23.7 Å². The predicted molar refractivity (Wildman–Crippen MR) is 126 cm³/mol. The smallest absolute Gasteiger partial charge is 0.308 e. The number of benzene rings is 1. The Labute approximate surface area is 223 Å². The molecular weight excluding hydrogens is 524 g/mol. The van der Waals surface area contributed by atoms with Gasteiger partial charge in [0, 0.05) is 47.1 Å². The third kappa shape index (κ3) is 9.89. The molecule has 214 valence electrons. The van der Waals surface area contributed by atoms with Gasteiger partial charge in [0.25, 0.3) is 0 Å². The summed E-state index contributed by atoms with van der Waals surface area (Å²) >= 11 is 0. The van der Waals surface area contributed by atoms with Crippen LogP contribution >= 0.6 is 0 Å². The van der Waals surface area contributed by atoms with Crippen LogP contribution in [0.1, 0.15) is 47.1 Å². The highest BCUT2D eigenvalue weighted by Crippen LogP contribution is 2.33. The highest BCUT2D eigenvalue weighted by atomic mass is 16.7. The monoisotopic (exact) mass is 554 g/mol. The number of ether oxygens (including phenoxy) is 8. The van der Waals surface area contributed by atoms with Gasteiger partial charge in [-0.05, 0) is 18.2 Å². The van der Waals surface area contributed by atoms with Crippen LogP contribution in [0.3, 0.4) is 0 Å². The average Bonchev–Trinajstić information content (AvgIpc) is 2.80. The van der Waals surface area contributed by atoms with Crippen LogP contribution in [0.5, 0.6) is 11.5 Å². The van der Waals surface area contributed by atoms with Gasteiger partial charge in [0.15, 0.2) is 12.2 Å². The van der Waals surface area contributed by atoms with Gasteiger partial charge in [-0.15, -0.1) is 0 Å². The Morgan fingerprint density at radius 2 is 1.26 bits per heavy atom. The number of esters is 6. The Morgan fingerprint density at radius 3 is 1.79 bits per heavy atom. The zero-order valence-corrected chi connectivity index (χ0v) is 22.2. The Bertz CT molecular complexity index is 1100. The van der Waals surface area contributed by atoms with Crippen LogP contribution in [0.25, 0.3) is 0 Å². The van der Waals surface area contributed by atoms with E-state index in [0.717, 1.165) is 27.7 Å². The van der Waals surface area contributed by atoms with Crippen molar-refractivity contribution in [2.45, 2.75) is 78.9 Å². The summed E-state index contributed by atoms with van der Waals surface area (Å²) in [5, 5.41) is 0. The molecule has 0 radical (unpaired) electrons. The van der Waals surface area contributed by atoms with Gasteiger partial charge in [0.05, 0.1) is 0 Å². The minimum atomic E-state index is -1.51. The second kappa shape index (κ2) is 14.1. The van der Waals surface area contributed by atoms with Crippen molar-refractivity contribution >= 4 is 35.8 Å². The molecule has 1 fully saturated rings. The molecule has 1 saturated heterocycles. The van der Waals surface area contributed by atoms with E-state index in [1.54, 1.807) is 0 Å². The minimum Gasteiger partial charge on any atom is -0.463 e. The number of rotatable bonds is 10. The third-order valence-corrected chi connectivity index (χ3v) is 4.92. The van der Waals surface area contributed by atoms with E-state index >= 15 is 0 Å². The fourth-order valence-corrected chi connectivity index (χ4v) is 3.60. The van der Waals surface area contributed by atoms with E-state index in [9.17, 15) is 28.8 Å². The minimum absolute atomic E-state index is 0.0491. The summed E-state index contributed by atoms with van der Waals surface area (Å²) in [6.45, 7) is 6.08. The first-order chi connectivity index (χ1) is 18.3. The van der Waals surface area contributed by atoms with Crippen LogP contribution in [0.4, 0.5) is 0 Å². The van der Waals surface area contributed by atoms with Crippen LogP contribution in [-0.2, 0) is 63.8 Å². The summed E-state index contributed by atoms with van der Waals surface area (Å²) in [4.78, 5) is 70.2. The lowest BCUT2D eigenvalue weighted by Gasteiger charge is -2.44. The van der Waals surface area contributed by atoms with E-state index in [0.29, 0.717) is 0 Å². The van der Waals surface area contributed by atoms with Gasteiger partial charge < -0.3 is 37.9 Å². The van der Waals surface area contributed by atoms with E-state index in [1.165, 1.54) is 32.0 Å². The highest BCUT2D eigenvalue weighted by molar-refractivity contribution is 5.70. The van der Waals surface area contributed by atoms with Gasteiger partial charge in [-0.25, -0.2) is 0 Å². The fraction of sp³-hybridized carbons (Fsp3) is 0.520. The lowest BCUT2D eigenvalue weighted by atomic mass is 9.98. The van der Waals surface area contributed by atoms with Crippen molar-refractivity contribution in [2.24, 2.45) is 0 Å². The highest BCUT2D eigenvalue weighted by Gasteiger charge is 2.53. The van der Waals surface area contributed by atoms with E-state index in [4.69, 9.17) is 37.9 Å². The number of hydrogen-bond acceptors (Lipinski definition) is 14. The normalized spacial score (nSPS) is 22.1. The molecule has 0 saturated carbocycles. The van der Waals surface area contributed by atoms with Crippen LogP contribution in [0, 0.1) is 0 Å². The molecule has 1 heterocycles. The largest absolute Gasteiger partial charge is 0.463 e. The lowest BCUT2D eigenvalue weighted by molar-refractivity contribution is -0.288. The summed E-state index contributed by atoms with van der Waals surface area (Å²) in [6, 6.07) is 4.15. The number of carbonyl (C=O) groups is 6. The molecule has 1 aliphatic heterocycles. The van der Waals surface area contributed by atoms with Crippen LogP contribution < -0.4 is 9.47 Å². The van der Waals surface area contributed by atoms with Gasteiger partial charge in [0.2, 0.25) is 12.4 Å². The van der Waals surface area contributed by atoms with Crippen LogP contribution in [0.15, 0.2) is 18.2 Å². The molecule has 0 spiro atoms. The molecule has 0 N–H and O–H groups in total. The van der Waals surface area contributed by atoms with Crippen LogP contribution in [-0.4, -0.2) is 73.1 Å². The first-order valence-corrected chi connectivity index (χ1v) is 11.7. The molecule has 14 nitrogen and oxygen atoms in total. The van der Waals surface area contributed by atoms with Gasteiger partial charge in [0.1, 0.15) is 30.8 Å². The van der Waals surface area contributed by atoms with Gasteiger partial charge in [-0.3, -0.25) is 28.8 Å². The second-order valence-corrected chi connectivity index (χ2v) is 8.33. The molecule has 0 aromatic heterocycles. The molecule has 2 rings (SSSR count). The molecule has 1 aromatic carbocycles. The maximum atomic E-state index is 12.0. The van der Waals surface area contributed by atoms with Crippen molar-refractivity contribution in [1.82, 2.24) is 0 Å². The SMILES string of the molecule is CC(=O)OCc1cc(OC(C)=O)ccc1O[C@@H]1O[C@H](COC(C)=O)[C@@H](OC(C)=O)[C@H](OC(C)=O)[C@H]1OC(C)=O. The molecule has 0 aliphatic carbocycles. The summed E-state index contributed by atoms with van der Waals surface area (Å²) in [5.74, 6) is -4.09. The summed E-state index contributed by atoms with van der Waals surface area (Å²) in [6.07, 6.45) is -7.01. The number of hydrogen-bond donors (Lipinski definition) is 0. The first kappa shape index (κ1) is 31.0. The second-order valence-electron chi connectivity index (χ2n) is 8.33. The molecule has 1 aromatic rings. The maximum absolute atomic E-state index is 12.0. The average molecular weight is 555 g/mol. The maximum Gasteiger partial charge on any atom is 0.308 e. The summed E-state index contributed by atoms with van der Waals surface area (Å²) in [7, 11) is 0. The standard InChI is InChI=1S/C25H30O14/c1-12(26)32-10-18-9-19(34-14(3)28)7-8-20(18)38-25-24(37-17(6)31)23(36-16(5)30)22(35-15(4)29)21(39-25)11-33-13(2)27/h7-9,21-25H,10-11H2,1-6H3/t21-,22-,23+,24-,25-/m1/s1. The van der Waals surface area contributed by atoms with Crippen molar-refractivity contribution in [3.63, 3.8) is 0 Å². The summed E-state index contributed by atoms with van der Waals surface area (Å²) in [5.41, 5.74) is 0.233. The summed E-state index contributed by atoms with van der Waals surface area (Å²) < 4.78 is 43.1. The van der Waals surface area contributed by atoms with E-state index < -0.39 is 73.1 Å². The quantitative estimate of drug-likeness (QED) is 0.228. The van der Waals surface area contributed by atoms with Crippen LogP contribution in [0.2, 0.25) is 0 Å². The van der Waals surface area contributed by atoms with Crippen molar-refractivity contribution in [3.8, 4) is 11.5 Å². The Morgan fingerprint density at radius 1 is 0.692 bits per heavy atom. The van der Waals surface area contributed by atoms with Gasteiger partial charge in [-0.1, -0.05) is 0 Å². The molecule has 14 heteroatoms. The zero-order valence-electron chi connectivity index (χ0n) is 22.2. The van der Waals surface area contributed by atoms with Gasteiger partial charge >= 0.3 is 35.8 Å². The fourth-order valence-electron chi connectivity index (χ4n) is 3.60. The lowest BCUT2D eigenvalue weighted by Crippen LogP contribution is -2.63. The third-order valence-electron chi connectivity index (χ3n) is 4.92. The molecule has 0 amide bonds. The Hall–Kier alpha value is -4.20. The molecular formula is C25H30O14. The number of carbonyl (C=O) groups excluding carboxylic acids is 6. The van der Waals surface area contributed by atoms with Gasteiger partial charge in [-0.2, -0.15) is 0 Å². The molecule has 1 aliphatic rings. The molecule has 39 heavy (non-hydrogen) atoms. The first-order valence-electron chi connectivity index (χ1n) is 11.7. The Balaban J connectivity index is 2.55. The van der Waals surface area contributed by atoms with E-state index in [1.807, 2.05) is 0 Å². The topological polar surface area (TPSA) is 176 Å². The predicted octanol–water partition coefficient (Wildman–Crippen LogP) is 1.14.